The van der Waals surface area contributed by atoms with E-state index in [1.165, 1.54) is 27.6 Å². The van der Waals surface area contributed by atoms with Crippen LogP contribution in [0.2, 0.25) is 0 Å². The van der Waals surface area contributed by atoms with Crippen molar-refractivity contribution in [2.45, 2.75) is 19.9 Å². The van der Waals surface area contributed by atoms with Crippen molar-refractivity contribution in [2.75, 3.05) is 13.2 Å². The number of ether oxygens (including phenoxy) is 1. The molecule has 0 saturated heterocycles. The molecule has 2 aromatic heterocycles. The summed E-state index contributed by atoms with van der Waals surface area (Å²) >= 11 is 0. The Hall–Kier alpha value is -1.86. The van der Waals surface area contributed by atoms with E-state index in [9.17, 15) is 9.59 Å². The van der Waals surface area contributed by atoms with Crippen LogP contribution < -0.4 is 11.4 Å². The molecule has 20 heavy (non-hydrogen) atoms. The second-order valence-corrected chi connectivity index (χ2v) is 3.98. The Labute approximate surface area is 121 Å². The average molecular weight is 301 g/mol. The van der Waals surface area contributed by atoms with Gasteiger partial charge in [0, 0.05) is 18.9 Å². The van der Waals surface area contributed by atoms with Gasteiger partial charge in [0.05, 0.1) is 18.3 Å². The quantitative estimate of drug-likeness (QED) is 0.809. The number of imidazole rings is 1. The highest BCUT2D eigenvalue weighted by Crippen LogP contribution is 2.10. The normalized spacial score (nSPS) is 10.3. The number of aromatic nitrogens is 3. The molecule has 2 rings (SSSR count). The molecule has 0 aromatic carbocycles. The fourth-order valence-electron chi connectivity index (χ4n) is 1.94. The van der Waals surface area contributed by atoms with Gasteiger partial charge in [-0.2, -0.15) is 0 Å². The van der Waals surface area contributed by atoms with Gasteiger partial charge in [0.15, 0.2) is 5.69 Å². The summed E-state index contributed by atoms with van der Waals surface area (Å²) in [7, 11) is 0. The van der Waals surface area contributed by atoms with Crippen molar-refractivity contribution in [3.05, 3.63) is 34.8 Å². The summed E-state index contributed by atoms with van der Waals surface area (Å²) in [5.74, 6) is -0.521. The smallest absolute Gasteiger partial charge is 0.357 e. The number of hydrogen-bond acceptors (Lipinski definition) is 5. The van der Waals surface area contributed by atoms with Gasteiger partial charge in [0.1, 0.15) is 0 Å². The van der Waals surface area contributed by atoms with Gasteiger partial charge in [-0.15, -0.1) is 12.4 Å². The van der Waals surface area contributed by atoms with Crippen LogP contribution in [0.5, 0.6) is 0 Å². The molecule has 110 valence electrons. The second kappa shape index (κ2) is 7.06. The van der Waals surface area contributed by atoms with Crippen molar-refractivity contribution in [3.63, 3.8) is 0 Å². The van der Waals surface area contributed by atoms with Gasteiger partial charge in [0.25, 0.3) is 0 Å². The number of esters is 1. The largest absolute Gasteiger partial charge is 0.461 e. The second-order valence-electron chi connectivity index (χ2n) is 3.98. The standard InChI is InChI=1S/C12H16N4O3.ClH/c1-2-19-11(17)10-9-8-14-5-7-15(9)12(18)16(10)6-3-4-13;/h5,7-8H,2-4,6,13H2,1H3;1H. The van der Waals surface area contributed by atoms with Crippen LogP contribution in [0.3, 0.4) is 0 Å². The summed E-state index contributed by atoms with van der Waals surface area (Å²) in [5.41, 5.74) is 5.85. The molecule has 8 heteroatoms. The maximum atomic E-state index is 12.2. The summed E-state index contributed by atoms with van der Waals surface area (Å²) in [4.78, 5) is 28.2. The van der Waals surface area contributed by atoms with Crippen LogP contribution in [-0.4, -0.2) is 33.1 Å². The van der Waals surface area contributed by atoms with E-state index in [0.29, 0.717) is 25.0 Å². The molecule has 0 aliphatic rings. The molecule has 0 atom stereocenters. The van der Waals surface area contributed by atoms with Crippen molar-refractivity contribution in [2.24, 2.45) is 5.73 Å². The highest BCUT2D eigenvalue weighted by atomic mass is 35.5. The predicted octanol–water partition coefficient (Wildman–Crippen LogP) is 0.443. The summed E-state index contributed by atoms with van der Waals surface area (Å²) in [6.07, 6.45) is 5.11. The fraction of sp³-hybridized carbons (Fsp3) is 0.417. The van der Waals surface area contributed by atoms with Crippen molar-refractivity contribution in [1.82, 2.24) is 14.0 Å². The summed E-state index contributed by atoms with van der Waals surface area (Å²) < 4.78 is 7.77. The van der Waals surface area contributed by atoms with Gasteiger partial charge in [-0.25, -0.2) is 9.59 Å². The maximum absolute atomic E-state index is 12.2. The first-order valence-corrected chi connectivity index (χ1v) is 6.12. The fourth-order valence-corrected chi connectivity index (χ4v) is 1.94. The number of rotatable bonds is 5. The summed E-state index contributed by atoms with van der Waals surface area (Å²) in [5, 5.41) is 0. The van der Waals surface area contributed by atoms with E-state index in [-0.39, 0.29) is 30.4 Å². The Bertz CT molecular complexity index is 650. The molecule has 0 saturated carbocycles. The van der Waals surface area contributed by atoms with Gasteiger partial charge >= 0.3 is 11.7 Å². The van der Waals surface area contributed by atoms with Gasteiger partial charge in [0.2, 0.25) is 0 Å². The lowest BCUT2D eigenvalue weighted by molar-refractivity contribution is 0.0515. The van der Waals surface area contributed by atoms with Gasteiger partial charge in [-0.3, -0.25) is 14.0 Å². The first-order valence-electron chi connectivity index (χ1n) is 6.12. The summed E-state index contributed by atoms with van der Waals surface area (Å²) in [6, 6.07) is 0. The van der Waals surface area contributed by atoms with Gasteiger partial charge < -0.3 is 10.5 Å². The first-order chi connectivity index (χ1) is 9.20. The number of hydrogen-bond donors (Lipinski definition) is 1. The van der Waals surface area contributed by atoms with E-state index in [1.807, 2.05) is 0 Å². The first kappa shape index (κ1) is 16.2. The Morgan fingerprint density at radius 3 is 2.90 bits per heavy atom. The van der Waals surface area contributed by atoms with Gasteiger partial charge in [-0.1, -0.05) is 0 Å². The average Bonchev–Trinajstić information content (AvgIpc) is 2.70. The van der Waals surface area contributed by atoms with Crippen molar-refractivity contribution < 1.29 is 9.53 Å². The molecule has 0 fully saturated rings. The molecule has 2 heterocycles. The van der Waals surface area contributed by atoms with E-state index in [2.05, 4.69) is 4.98 Å². The van der Waals surface area contributed by atoms with Crippen LogP contribution >= 0.6 is 12.4 Å². The van der Waals surface area contributed by atoms with Crippen LogP contribution in [-0.2, 0) is 11.3 Å². The zero-order chi connectivity index (χ0) is 13.8. The van der Waals surface area contributed by atoms with E-state index in [1.54, 1.807) is 6.92 Å². The van der Waals surface area contributed by atoms with E-state index >= 15 is 0 Å². The SMILES string of the molecule is CCOC(=O)c1c2cnccn2c(=O)n1CCCN.Cl. The predicted molar refractivity (Wildman–Crippen MR) is 76.3 cm³/mol. The zero-order valence-electron chi connectivity index (χ0n) is 11.1. The van der Waals surface area contributed by atoms with E-state index in [4.69, 9.17) is 10.5 Å². The molecule has 0 spiro atoms. The molecule has 7 nitrogen and oxygen atoms in total. The third kappa shape index (κ3) is 2.83. The molecule has 0 radical (unpaired) electrons. The number of carbonyl (C=O) groups is 1. The molecular weight excluding hydrogens is 284 g/mol. The topological polar surface area (TPSA) is 91.6 Å². The van der Waals surface area contributed by atoms with Crippen LogP contribution in [0.15, 0.2) is 23.4 Å². The number of fused-ring (bicyclic) bond motifs is 1. The number of nitrogens with zero attached hydrogens (tertiary/aromatic N) is 3. The maximum Gasteiger partial charge on any atom is 0.357 e. The van der Waals surface area contributed by atoms with Crippen molar-refractivity contribution in [1.29, 1.82) is 0 Å². The monoisotopic (exact) mass is 300 g/mol. The summed E-state index contributed by atoms with van der Waals surface area (Å²) in [6.45, 7) is 2.79. The zero-order valence-corrected chi connectivity index (χ0v) is 11.9. The van der Waals surface area contributed by atoms with Crippen LogP contribution in [0.25, 0.3) is 5.52 Å². The van der Waals surface area contributed by atoms with Crippen molar-refractivity contribution in [3.8, 4) is 0 Å². The molecule has 2 aromatic rings. The molecule has 0 aliphatic heterocycles. The molecule has 0 bridgehead atoms. The Balaban J connectivity index is 0.00000200. The lowest BCUT2D eigenvalue weighted by atomic mass is 10.3. The minimum Gasteiger partial charge on any atom is -0.461 e. The highest BCUT2D eigenvalue weighted by Gasteiger charge is 2.21. The number of halogens is 1. The molecular formula is C12H17ClN4O3. The lowest BCUT2D eigenvalue weighted by Crippen LogP contribution is -2.24. The molecule has 0 aliphatic carbocycles. The van der Waals surface area contributed by atoms with E-state index < -0.39 is 5.97 Å². The molecule has 0 unspecified atom stereocenters. The lowest BCUT2D eigenvalue weighted by Gasteiger charge is -2.05. The Kier molecular flexibility index (Phi) is 5.72. The number of carbonyl (C=O) groups excluding carboxylic acids is 1. The Morgan fingerprint density at radius 1 is 1.50 bits per heavy atom. The Morgan fingerprint density at radius 2 is 2.25 bits per heavy atom. The minimum absolute atomic E-state index is 0. The third-order valence-corrected chi connectivity index (χ3v) is 2.76. The number of nitrogens with two attached hydrogens (primary N) is 1. The van der Waals surface area contributed by atoms with E-state index in [0.717, 1.165) is 0 Å². The molecule has 2 N–H and O–H groups in total. The van der Waals surface area contributed by atoms with Crippen molar-refractivity contribution >= 4 is 23.9 Å². The van der Waals surface area contributed by atoms with Crippen LogP contribution in [0.1, 0.15) is 23.8 Å². The van der Waals surface area contributed by atoms with Crippen LogP contribution in [0.4, 0.5) is 0 Å². The molecule has 0 amide bonds. The van der Waals surface area contributed by atoms with Crippen LogP contribution in [0, 0.1) is 0 Å². The minimum atomic E-state index is -0.521. The van der Waals surface area contributed by atoms with Gasteiger partial charge in [-0.05, 0) is 19.9 Å². The highest BCUT2D eigenvalue weighted by molar-refractivity contribution is 5.95. The third-order valence-electron chi connectivity index (χ3n) is 2.76.